The highest BCUT2D eigenvalue weighted by Gasteiger charge is 2.29. The Kier molecular flexibility index (Phi) is 4.42. The molecule has 2 heteroatoms. The summed E-state index contributed by atoms with van der Waals surface area (Å²) in [5.41, 5.74) is 4.35. The monoisotopic (exact) mass is 308 g/mol. The topological polar surface area (TPSA) is 18.5 Å². The first kappa shape index (κ1) is 15.7. The summed E-state index contributed by atoms with van der Waals surface area (Å²) in [7, 11) is 3.41. The van der Waals surface area contributed by atoms with E-state index < -0.39 is 0 Å². The van der Waals surface area contributed by atoms with Crippen LogP contribution in [0.1, 0.15) is 37.3 Å². The van der Waals surface area contributed by atoms with Gasteiger partial charge in [-0.3, -0.25) is 0 Å². The van der Waals surface area contributed by atoms with Gasteiger partial charge in [0.1, 0.15) is 11.5 Å². The highest BCUT2D eigenvalue weighted by Crippen LogP contribution is 2.41. The van der Waals surface area contributed by atoms with Gasteiger partial charge in [-0.2, -0.15) is 0 Å². The van der Waals surface area contributed by atoms with E-state index in [0.29, 0.717) is 0 Å². The Morgan fingerprint density at radius 2 is 1.39 bits per heavy atom. The van der Waals surface area contributed by atoms with Crippen LogP contribution in [-0.4, -0.2) is 14.2 Å². The molecule has 0 N–H and O–H groups in total. The Hall–Kier alpha value is -2.22. The molecular weight excluding hydrogens is 284 g/mol. The van der Waals surface area contributed by atoms with Gasteiger partial charge in [0.05, 0.1) is 14.2 Å². The molecular formula is C21H24O2. The van der Waals surface area contributed by atoms with Crippen molar-refractivity contribution in [1.82, 2.24) is 0 Å². The van der Waals surface area contributed by atoms with Gasteiger partial charge < -0.3 is 9.47 Å². The second-order valence-electron chi connectivity index (χ2n) is 6.45. The molecule has 0 unspecified atom stereocenters. The number of hydrogen-bond donors (Lipinski definition) is 0. The van der Waals surface area contributed by atoms with Crippen LogP contribution in [0.5, 0.6) is 11.5 Å². The van der Waals surface area contributed by atoms with E-state index in [-0.39, 0.29) is 5.41 Å². The molecule has 2 nitrogen and oxygen atoms in total. The number of allylic oxidation sites excluding steroid dienone is 2. The second kappa shape index (κ2) is 6.49. The first-order valence-electron chi connectivity index (χ1n) is 8.13. The Labute approximate surface area is 138 Å². The summed E-state index contributed by atoms with van der Waals surface area (Å²) in [6.07, 6.45) is 5.74. The fourth-order valence-corrected chi connectivity index (χ4v) is 3.29. The summed E-state index contributed by atoms with van der Waals surface area (Å²) in [6.45, 7) is 2.36. The van der Waals surface area contributed by atoms with Crippen LogP contribution in [0.25, 0.3) is 5.57 Å². The van der Waals surface area contributed by atoms with E-state index in [0.717, 1.165) is 30.8 Å². The molecule has 0 heterocycles. The van der Waals surface area contributed by atoms with E-state index in [2.05, 4.69) is 49.4 Å². The zero-order chi connectivity index (χ0) is 16.3. The summed E-state index contributed by atoms with van der Waals surface area (Å²) >= 11 is 0. The molecule has 23 heavy (non-hydrogen) atoms. The molecule has 1 aliphatic carbocycles. The van der Waals surface area contributed by atoms with E-state index in [1.807, 2.05) is 12.1 Å². The zero-order valence-electron chi connectivity index (χ0n) is 14.1. The summed E-state index contributed by atoms with van der Waals surface area (Å²) in [4.78, 5) is 0. The summed E-state index contributed by atoms with van der Waals surface area (Å²) in [6, 6.07) is 16.9. The molecule has 3 rings (SSSR count). The number of methoxy groups -OCH3 is 2. The number of benzene rings is 2. The van der Waals surface area contributed by atoms with Gasteiger partial charge in [-0.1, -0.05) is 37.3 Å². The van der Waals surface area contributed by atoms with Crippen LogP contribution in [0.4, 0.5) is 0 Å². The SMILES string of the molecule is COc1ccc(C2=CC[C@@](C)(c3ccc(OC)cc3)CC2)cc1. The Morgan fingerprint density at radius 1 is 0.826 bits per heavy atom. The molecule has 0 aliphatic heterocycles. The first-order chi connectivity index (χ1) is 11.1. The highest BCUT2D eigenvalue weighted by atomic mass is 16.5. The molecule has 0 amide bonds. The lowest BCUT2D eigenvalue weighted by atomic mass is 9.71. The molecule has 0 aromatic heterocycles. The average Bonchev–Trinajstić information content (AvgIpc) is 2.62. The van der Waals surface area contributed by atoms with Crippen molar-refractivity contribution in [2.45, 2.75) is 31.6 Å². The van der Waals surface area contributed by atoms with Crippen molar-refractivity contribution in [1.29, 1.82) is 0 Å². The van der Waals surface area contributed by atoms with Crippen molar-refractivity contribution < 1.29 is 9.47 Å². The van der Waals surface area contributed by atoms with Crippen LogP contribution in [0, 0.1) is 0 Å². The molecule has 2 aromatic rings. The first-order valence-corrected chi connectivity index (χ1v) is 8.13. The van der Waals surface area contributed by atoms with Crippen molar-refractivity contribution in [3.05, 3.63) is 65.7 Å². The smallest absolute Gasteiger partial charge is 0.118 e. The van der Waals surface area contributed by atoms with Gasteiger partial charge >= 0.3 is 0 Å². The van der Waals surface area contributed by atoms with E-state index >= 15 is 0 Å². The lowest BCUT2D eigenvalue weighted by Crippen LogP contribution is -2.24. The van der Waals surface area contributed by atoms with Crippen molar-refractivity contribution in [3.63, 3.8) is 0 Å². The largest absolute Gasteiger partial charge is 0.497 e. The fraction of sp³-hybridized carbons (Fsp3) is 0.333. The second-order valence-corrected chi connectivity index (χ2v) is 6.45. The van der Waals surface area contributed by atoms with Gasteiger partial charge in [-0.15, -0.1) is 0 Å². The standard InChI is InChI=1S/C21H24O2/c1-21(18-6-10-20(23-3)11-7-18)14-12-17(13-15-21)16-4-8-19(22-2)9-5-16/h4-12H,13-15H2,1-3H3/t21-/m1/s1. The van der Waals surface area contributed by atoms with Crippen molar-refractivity contribution >= 4 is 5.57 Å². The molecule has 2 aromatic carbocycles. The predicted molar refractivity (Wildman–Crippen MR) is 95.2 cm³/mol. The van der Waals surface area contributed by atoms with Gasteiger partial charge in [-0.05, 0) is 65.6 Å². The molecule has 0 saturated heterocycles. The van der Waals surface area contributed by atoms with Gasteiger partial charge in [0.25, 0.3) is 0 Å². The van der Waals surface area contributed by atoms with E-state index in [9.17, 15) is 0 Å². The minimum absolute atomic E-state index is 0.211. The van der Waals surface area contributed by atoms with Crippen LogP contribution < -0.4 is 9.47 Å². The summed E-state index contributed by atoms with van der Waals surface area (Å²) in [5, 5.41) is 0. The van der Waals surface area contributed by atoms with Crippen molar-refractivity contribution in [2.24, 2.45) is 0 Å². The Bertz CT molecular complexity index is 683. The number of hydrogen-bond acceptors (Lipinski definition) is 2. The van der Waals surface area contributed by atoms with Crippen molar-refractivity contribution in [2.75, 3.05) is 14.2 Å². The maximum atomic E-state index is 5.26. The highest BCUT2D eigenvalue weighted by molar-refractivity contribution is 5.67. The third-order valence-electron chi connectivity index (χ3n) is 4.99. The normalized spacial score (nSPS) is 20.7. The van der Waals surface area contributed by atoms with Crippen LogP contribution in [0.3, 0.4) is 0 Å². The molecule has 120 valence electrons. The zero-order valence-corrected chi connectivity index (χ0v) is 14.1. The maximum Gasteiger partial charge on any atom is 0.118 e. The average molecular weight is 308 g/mol. The van der Waals surface area contributed by atoms with Gasteiger partial charge in [0, 0.05) is 0 Å². The Balaban J connectivity index is 1.77. The molecule has 0 radical (unpaired) electrons. The predicted octanol–water partition coefficient (Wildman–Crippen LogP) is 5.23. The van der Waals surface area contributed by atoms with Gasteiger partial charge in [-0.25, -0.2) is 0 Å². The third-order valence-corrected chi connectivity index (χ3v) is 4.99. The van der Waals surface area contributed by atoms with Crippen LogP contribution >= 0.6 is 0 Å². The molecule has 1 atom stereocenters. The summed E-state index contributed by atoms with van der Waals surface area (Å²) in [5.74, 6) is 1.83. The molecule has 0 bridgehead atoms. The van der Waals surface area contributed by atoms with Crippen molar-refractivity contribution in [3.8, 4) is 11.5 Å². The van der Waals surface area contributed by atoms with Gasteiger partial charge in [0.2, 0.25) is 0 Å². The maximum absolute atomic E-state index is 5.26. The van der Waals surface area contributed by atoms with Crippen LogP contribution in [-0.2, 0) is 5.41 Å². The van der Waals surface area contributed by atoms with E-state index in [4.69, 9.17) is 9.47 Å². The molecule has 0 saturated carbocycles. The van der Waals surface area contributed by atoms with Crippen LogP contribution in [0.15, 0.2) is 54.6 Å². The minimum atomic E-state index is 0.211. The fourth-order valence-electron chi connectivity index (χ4n) is 3.29. The van der Waals surface area contributed by atoms with E-state index in [1.54, 1.807) is 14.2 Å². The lowest BCUT2D eigenvalue weighted by molar-refractivity contribution is 0.410. The van der Waals surface area contributed by atoms with Gasteiger partial charge in [0.15, 0.2) is 0 Å². The van der Waals surface area contributed by atoms with Crippen LogP contribution in [0.2, 0.25) is 0 Å². The molecule has 0 spiro atoms. The minimum Gasteiger partial charge on any atom is -0.497 e. The number of ether oxygens (including phenoxy) is 2. The third kappa shape index (κ3) is 3.26. The summed E-state index contributed by atoms with van der Waals surface area (Å²) < 4.78 is 10.5. The molecule has 1 aliphatic rings. The quantitative estimate of drug-likeness (QED) is 0.770. The lowest BCUT2D eigenvalue weighted by Gasteiger charge is -2.33. The van der Waals surface area contributed by atoms with E-state index in [1.165, 1.54) is 16.7 Å². The molecule has 0 fully saturated rings. The Morgan fingerprint density at radius 3 is 1.87 bits per heavy atom. The number of rotatable bonds is 4.